The Morgan fingerprint density at radius 3 is 2.26 bits per heavy atom. The number of ether oxygens (including phenoxy) is 4. The summed E-state index contributed by atoms with van der Waals surface area (Å²) in [4.78, 5) is 24.5. The van der Waals surface area contributed by atoms with Gasteiger partial charge in [0.25, 0.3) is 5.91 Å². The Balaban J connectivity index is 2.04. The molecule has 0 aliphatic carbocycles. The molecule has 0 heterocycles. The smallest absolute Gasteiger partial charge is 0.342 e. The zero-order valence-electron chi connectivity index (χ0n) is 15.4. The van der Waals surface area contributed by atoms with Gasteiger partial charge in [0.05, 0.1) is 21.3 Å². The van der Waals surface area contributed by atoms with Crippen molar-refractivity contribution in [3.63, 3.8) is 0 Å². The van der Waals surface area contributed by atoms with Crippen LogP contribution in [-0.2, 0) is 9.53 Å². The molecule has 0 aliphatic rings. The fraction of sp³-hybridized carbons (Fsp3) is 0.263. The molecule has 144 valence electrons. The second-order valence-electron chi connectivity index (χ2n) is 5.49. The van der Waals surface area contributed by atoms with E-state index in [4.69, 9.17) is 18.9 Å². The van der Waals surface area contributed by atoms with Gasteiger partial charge in [-0.05, 0) is 31.2 Å². The molecule has 27 heavy (non-hydrogen) atoms. The number of rotatable bonds is 7. The first-order valence-electron chi connectivity index (χ1n) is 8.00. The molecule has 0 radical (unpaired) electrons. The number of hydrogen-bond acceptors (Lipinski definition) is 7. The first-order valence-corrected chi connectivity index (χ1v) is 8.00. The van der Waals surface area contributed by atoms with E-state index in [-0.39, 0.29) is 11.3 Å². The van der Waals surface area contributed by atoms with Crippen molar-refractivity contribution in [2.45, 2.75) is 13.0 Å². The Morgan fingerprint density at radius 2 is 1.67 bits per heavy atom. The van der Waals surface area contributed by atoms with Gasteiger partial charge in [0.15, 0.2) is 17.6 Å². The molecule has 0 unspecified atom stereocenters. The molecule has 0 aromatic heterocycles. The van der Waals surface area contributed by atoms with Gasteiger partial charge in [-0.25, -0.2) is 4.79 Å². The second-order valence-corrected chi connectivity index (χ2v) is 5.49. The van der Waals surface area contributed by atoms with Crippen molar-refractivity contribution in [3.8, 4) is 23.0 Å². The number of carbonyl (C=O) groups excluding carboxylic acids is 2. The van der Waals surface area contributed by atoms with E-state index in [1.54, 1.807) is 18.2 Å². The lowest BCUT2D eigenvalue weighted by molar-refractivity contribution is -0.123. The van der Waals surface area contributed by atoms with Gasteiger partial charge in [-0.1, -0.05) is 0 Å². The number of aromatic hydroxyl groups is 1. The van der Waals surface area contributed by atoms with Crippen molar-refractivity contribution < 1.29 is 33.6 Å². The normalized spacial score (nSPS) is 11.3. The topological polar surface area (TPSA) is 103 Å². The molecule has 1 amide bonds. The number of hydrogen-bond donors (Lipinski definition) is 2. The Labute approximate surface area is 156 Å². The van der Waals surface area contributed by atoms with E-state index in [1.807, 2.05) is 0 Å². The Morgan fingerprint density at radius 1 is 0.963 bits per heavy atom. The van der Waals surface area contributed by atoms with Crippen molar-refractivity contribution in [1.82, 2.24) is 0 Å². The predicted octanol–water partition coefficient (Wildman–Crippen LogP) is 2.60. The van der Waals surface area contributed by atoms with Gasteiger partial charge in [-0.3, -0.25) is 4.79 Å². The van der Waals surface area contributed by atoms with E-state index in [0.717, 1.165) is 0 Å². The average molecular weight is 375 g/mol. The summed E-state index contributed by atoms with van der Waals surface area (Å²) in [5.74, 6) is -0.308. The minimum absolute atomic E-state index is 0.0680. The van der Waals surface area contributed by atoms with E-state index in [9.17, 15) is 14.7 Å². The zero-order chi connectivity index (χ0) is 20.0. The maximum Gasteiger partial charge on any atom is 0.342 e. The number of esters is 1. The molecule has 2 N–H and O–H groups in total. The van der Waals surface area contributed by atoms with Crippen molar-refractivity contribution in [1.29, 1.82) is 0 Å². The Hall–Kier alpha value is -3.42. The molecule has 8 nitrogen and oxygen atoms in total. The van der Waals surface area contributed by atoms with Crippen molar-refractivity contribution in [3.05, 3.63) is 42.0 Å². The van der Waals surface area contributed by atoms with E-state index in [0.29, 0.717) is 22.9 Å². The summed E-state index contributed by atoms with van der Waals surface area (Å²) in [6.45, 7) is 1.43. The zero-order valence-corrected chi connectivity index (χ0v) is 15.4. The molecule has 1 atom stereocenters. The molecule has 2 rings (SSSR count). The molecule has 0 fully saturated rings. The third-order valence-corrected chi connectivity index (χ3v) is 3.73. The molecule has 0 saturated heterocycles. The summed E-state index contributed by atoms with van der Waals surface area (Å²) < 4.78 is 20.4. The van der Waals surface area contributed by atoms with Crippen LogP contribution in [0.1, 0.15) is 17.3 Å². The van der Waals surface area contributed by atoms with E-state index in [2.05, 4.69) is 5.32 Å². The molecular weight excluding hydrogens is 354 g/mol. The lowest BCUT2D eigenvalue weighted by Crippen LogP contribution is -2.30. The fourth-order valence-corrected chi connectivity index (χ4v) is 2.25. The Kier molecular flexibility index (Phi) is 6.48. The SMILES string of the molecule is COc1ccc(C(=O)O[C@H](C)C(=O)Nc2ccc(OC)c(OC)c2)c(O)c1. The summed E-state index contributed by atoms with van der Waals surface area (Å²) in [7, 11) is 4.43. The van der Waals surface area contributed by atoms with Gasteiger partial charge >= 0.3 is 5.97 Å². The van der Waals surface area contributed by atoms with Crippen LogP contribution in [0.15, 0.2) is 36.4 Å². The standard InChI is InChI=1S/C19H21NO7/c1-11(27-19(23)14-7-6-13(24-2)10-15(14)21)18(22)20-12-5-8-16(25-3)17(9-12)26-4/h5-11,21H,1-4H3,(H,20,22)/t11-/m1/s1. The molecule has 0 spiro atoms. The van der Waals surface area contributed by atoms with Crippen LogP contribution in [0.2, 0.25) is 0 Å². The van der Waals surface area contributed by atoms with Crippen molar-refractivity contribution >= 4 is 17.6 Å². The molecular formula is C19H21NO7. The van der Waals surface area contributed by atoms with Crippen LogP contribution >= 0.6 is 0 Å². The number of methoxy groups -OCH3 is 3. The van der Waals surface area contributed by atoms with Crippen LogP contribution < -0.4 is 19.5 Å². The third kappa shape index (κ3) is 4.81. The maximum absolute atomic E-state index is 12.3. The number of carbonyl (C=O) groups is 2. The van der Waals surface area contributed by atoms with E-state index in [1.165, 1.54) is 46.5 Å². The van der Waals surface area contributed by atoms with Crippen LogP contribution in [-0.4, -0.2) is 44.4 Å². The highest BCUT2D eigenvalue weighted by atomic mass is 16.5. The van der Waals surface area contributed by atoms with Crippen LogP contribution in [0.4, 0.5) is 5.69 Å². The molecule has 8 heteroatoms. The highest BCUT2D eigenvalue weighted by Crippen LogP contribution is 2.30. The number of phenolic OH excluding ortho intramolecular Hbond substituents is 1. The average Bonchev–Trinajstić information content (AvgIpc) is 2.67. The first-order chi connectivity index (χ1) is 12.9. The molecule has 2 aromatic carbocycles. The van der Waals surface area contributed by atoms with Crippen molar-refractivity contribution in [2.75, 3.05) is 26.6 Å². The number of amides is 1. The van der Waals surface area contributed by atoms with E-state index < -0.39 is 18.0 Å². The Bertz CT molecular complexity index is 835. The van der Waals surface area contributed by atoms with Gasteiger partial charge in [0, 0.05) is 17.8 Å². The lowest BCUT2D eigenvalue weighted by atomic mass is 10.2. The van der Waals surface area contributed by atoms with Crippen LogP contribution in [0.5, 0.6) is 23.0 Å². The summed E-state index contributed by atoms with van der Waals surface area (Å²) >= 11 is 0. The van der Waals surface area contributed by atoms with Crippen LogP contribution in [0.3, 0.4) is 0 Å². The van der Waals surface area contributed by atoms with Gasteiger partial charge in [0.1, 0.15) is 17.1 Å². The summed E-state index contributed by atoms with van der Waals surface area (Å²) in [6.07, 6.45) is -1.09. The van der Waals surface area contributed by atoms with Gasteiger partial charge in [-0.2, -0.15) is 0 Å². The number of phenols is 1. The molecule has 2 aromatic rings. The number of nitrogens with one attached hydrogen (secondary N) is 1. The van der Waals surface area contributed by atoms with E-state index >= 15 is 0 Å². The quantitative estimate of drug-likeness (QED) is 0.717. The largest absolute Gasteiger partial charge is 0.507 e. The summed E-state index contributed by atoms with van der Waals surface area (Å²) in [5, 5.41) is 12.5. The van der Waals surface area contributed by atoms with Gasteiger partial charge in [-0.15, -0.1) is 0 Å². The minimum Gasteiger partial charge on any atom is -0.507 e. The third-order valence-electron chi connectivity index (χ3n) is 3.73. The highest BCUT2D eigenvalue weighted by Gasteiger charge is 2.21. The summed E-state index contributed by atoms with van der Waals surface area (Å²) in [5.41, 5.74) is 0.384. The number of anilines is 1. The highest BCUT2D eigenvalue weighted by molar-refractivity contribution is 5.98. The second kappa shape index (κ2) is 8.79. The van der Waals surface area contributed by atoms with Crippen LogP contribution in [0.25, 0.3) is 0 Å². The van der Waals surface area contributed by atoms with Crippen molar-refractivity contribution in [2.24, 2.45) is 0 Å². The maximum atomic E-state index is 12.3. The lowest BCUT2D eigenvalue weighted by Gasteiger charge is -2.15. The predicted molar refractivity (Wildman–Crippen MR) is 97.7 cm³/mol. The fourth-order valence-electron chi connectivity index (χ4n) is 2.25. The molecule has 0 aliphatic heterocycles. The van der Waals surface area contributed by atoms with Crippen LogP contribution in [0, 0.1) is 0 Å². The number of benzene rings is 2. The van der Waals surface area contributed by atoms with Gasteiger partial charge in [0.2, 0.25) is 0 Å². The minimum atomic E-state index is -1.09. The van der Waals surface area contributed by atoms with Gasteiger partial charge < -0.3 is 29.4 Å². The molecule has 0 bridgehead atoms. The molecule has 0 saturated carbocycles. The monoisotopic (exact) mass is 375 g/mol. The first kappa shape index (κ1) is 19.9. The summed E-state index contributed by atoms with van der Waals surface area (Å²) in [6, 6.07) is 9.00.